The lowest BCUT2D eigenvalue weighted by Gasteiger charge is -2.24. The highest BCUT2D eigenvalue weighted by Gasteiger charge is 2.28. The average molecular weight is 354 g/mol. The molecule has 2 aromatic rings. The summed E-state index contributed by atoms with van der Waals surface area (Å²) < 4.78 is 2.13. The Morgan fingerprint density at radius 1 is 1.19 bits per heavy atom. The molecule has 2 heterocycles. The normalized spacial score (nSPS) is 17.3. The minimum Gasteiger partial charge on any atom is -0.353 e. The van der Waals surface area contributed by atoms with Gasteiger partial charge in [0.1, 0.15) is 0 Å². The molecule has 1 N–H and O–H groups in total. The van der Waals surface area contributed by atoms with Crippen LogP contribution in [0.2, 0.25) is 0 Å². The fourth-order valence-corrected chi connectivity index (χ4v) is 3.51. The third-order valence-corrected chi connectivity index (χ3v) is 4.86. The van der Waals surface area contributed by atoms with Gasteiger partial charge in [0.05, 0.1) is 12.6 Å². The number of rotatable bonds is 5. The predicted molar refractivity (Wildman–Crippen MR) is 102 cm³/mol. The van der Waals surface area contributed by atoms with Crippen LogP contribution in [0.1, 0.15) is 34.9 Å². The van der Waals surface area contributed by atoms with Gasteiger partial charge in [-0.05, 0) is 55.8 Å². The van der Waals surface area contributed by atoms with Crippen molar-refractivity contribution in [2.75, 3.05) is 32.5 Å². The highest BCUT2D eigenvalue weighted by molar-refractivity contribution is 5.96. The molecule has 6 nitrogen and oxygen atoms in total. The molecule has 138 valence electrons. The Morgan fingerprint density at radius 3 is 2.54 bits per heavy atom. The molecule has 3 rings (SSSR count). The van der Waals surface area contributed by atoms with Crippen LogP contribution in [-0.4, -0.2) is 53.4 Å². The summed E-state index contributed by atoms with van der Waals surface area (Å²) in [5, 5.41) is 2.93. The second-order valence-electron chi connectivity index (χ2n) is 7.00. The molecular formula is C20H26N4O2. The first-order chi connectivity index (χ1) is 12.5. The number of likely N-dealkylation sites (tertiary alicyclic amines) is 1. The van der Waals surface area contributed by atoms with E-state index in [1.807, 2.05) is 19.3 Å². The molecule has 1 saturated heterocycles. The van der Waals surface area contributed by atoms with E-state index >= 15 is 0 Å². The highest BCUT2D eigenvalue weighted by Crippen LogP contribution is 2.31. The lowest BCUT2D eigenvalue weighted by Crippen LogP contribution is -2.33. The van der Waals surface area contributed by atoms with Crippen LogP contribution in [-0.2, 0) is 11.8 Å². The van der Waals surface area contributed by atoms with Crippen LogP contribution in [0.15, 0.2) is 42.6 Å². The number of nitrogens with one attached hydrogen (secondary N) is 1. The van der Waals surface area contributed by atoms with Gasteiger partial charge in [0.2, 0.25) is 5.91 Å². The third kappa shape index (κ3) is 3.96. The monoisotopic (exact) mass is 354 g/mol. The lowest BCUT2D eigenvalue weighted by atomic mass is 10.1. The topological polar surface area (TPSA) is 57.6 Å². The van der Waals surface area contributed by atoms with E-state index in [0.717, 1.165) is 19.4 Å². The Hall–Kier alpha value is -2.60. The number of carbonyl (C=O) groups is 2. The van der Waals surface area contributed by atoms with Crippen molar-refractivity contribution in [1.82, 2.24) is 14.4 Å². The van der Waals surface area contributed by atoms with Gasteiger partial charge in [-0.25, -0.2) is 0 Å². The van der Waals surface area contributed by atoms with Crippen molar-refractivity contribution in [3.05, 3.63) is 53.9 Å². The molecule has 0 spiro atoms. The minimum atomic E-state index is -0.0506. The summed E-state index contributed by atoms with van der Waals surface area (Å²) >= 11 is 0. The second kappa shape index (κ2) is 7.74. The van der Waals surface area contributed by atoms with E-state index in [4.69, 9.17) is 0 Å². The molecule has 0 aliphatic carbocycles. The van der Waals surface area contributed by atoms with Gasteiger partial charge in [0.25, 0.3) is 5.91 Å². The van der Waals surface area contributed by atoms with Crippen LogP contribution in [0.3, 0.4) is 0 Å². The summed E-state index contributed by atoms with van der Waals surface area (Å²) in [7, 11) is 5.48. The molecule has 0 radical (unpaired) electrons. The number of amides is 2. The Morgan fingerprint density at radius 2 is 1.92 bits per heavy atom. The van der Waals surface area contributed by atoms with Crippen LogP contribution >= 0.6 is 0 Å². The van der Waals surface area contributed by atoms with Crippen molar-refractivity contribution < 1.29 is 9.59 Å². The van der Waals surface area contributed by atoms with Gasteiger partial charge in [0.15, 0.2) is 0 Å². The number of aromatic nitrogens is 1. The maximum absolute atomic E-state index is 12.5. The molecule has 1 aliphatic rings. The largest absolute Gasteiger partial charge is 0.353 e. The molecular weight excluding hydrogens is 328 g/mol. The summed E-state index contributed by atoms with van der Waals surface area (Å²) in [6, 6.07) is 11.5. The standard InChI is InChI=1S/C20H26N4O2/c1-22(2)20(26)15-8-10-16(11-9-15)21-19(25)14-24-13-5-7-18(24)17-6-4-12-23(17)3/h4,6,8-12,18H,5,7,13-14H2,1-3H3,(H,21,25). The van der Waals surface area contributed by atoms with Gasteiger partial charge in [-0.2, -0.15) is 0 Å². The van der Waals surface area contributed by atoms with Gasteiger partial charge < -0.3 is 14.8 Å². The molecule has 6 heteroatoms. The fraction of sp³-hybridized carbons (Fsp3) is 0.400. The van der Waals surface area contributed by atoms with E-state index in [2.05, 4.69) is 20.9 Å². The average Bonchev–Trinajstić information content (AvgIpc) is 3.23. The van der Waals surface area contributed by atoms with Crippen molar-refractivity contribution in [2.45, 2.75) is 18.9 Å². The molecule has 1 aliphatic heterocycles. The van der Waals surface area contributed by atoms with Gasteiger partial charge in [-0.3, -0.25) is 14.5 Å². The Bertz CT molecular complexity index is 779. The Balaban J connectivity index is 1.60. The van der Waals surface area contributed by atoms with E-state index in [1.54, 1.807) is 38.4 Å². The quantitative estimate of drug-likeness (QED) is 0.898. The number of benzene rings is 1. The summed E-state index contributed by atoms with van der Waals surface area (Å²) in [6.07, 6.45) is 4.22. The minimum absolute atomic E-state index is 0.0298. The van der Waals surface area contributed by atoms with Crippen LogP contribution in [0.5, 0.6) is 0 Å². The van der Waals surface area contributed by atoms with E-state index in [9.17, 15) is 9.59 Å². The van der Waals surface area contributed by atoms with Crippen molar-refractivity contribution in [2.24, 2.45) is 7.05 Å². The zero-order valence-electron chi connectivity index (χ0n) is 15.6. The molecule has 0 saturated carbocycles. The van der Waals surface area contributed by atoms with Crippen molar-refractivity contribution in [1.29, 1.82) is 0 Å². The van der Waals surface area contributed by atoms with Crippen molar-refractivity contribution >= 4 is 17.5 Å². The molecule has 0 bridgehead atoms. The first-order valence-corrected chi connectivity index (χ1v) is 8.92. The fourth-order valence-electron chi connectivity index (χ4n) is 3.51. The summed E-state index contributed by atoms with van der Waals surface area (Å²) in [6.45, 7) is 1.30. The molecule has 1 aromatic carbocycles. The van der Waals surface area contributed by atoms with E-state index in [0.29, 0.717) is 23.8 Å². The van der Waals surface area contributed by atoms with Crippen LogP contribution in [0, 0.1) is 0 Å². The smallest absolute Gasteiger partial charge is 0.253 e. The zero-order valence-corrected chi connectivity index (χ0v) is 15.6. The van der Waals surface area contributed by atoms with Gasteiger partial charge in [-0.15, -0.1) is 0 Å². The van der Waals surface area contributed by atoms with Crippen LogP contribution in [0.4, 0.5) is 5.69 Å². The maximum Gasteiger partial charge on any atom is 0.253 e. The zero-order chi connectivity index (χ0) is 18.7. The summed E-state index contributed by atoms with van der Waals surface area (Å²) in [4.78, 5) is 28.1. The predicted octanol–water partition coefficient (Wildman–Crippen LogP) is 2.50. The maximum atomic E-state index is 12.5. The van der Waals surface area contributed by atoms with E-state index in [-0.39, 0.29) is 11.8 Å². The summed E-state index contributed by atoms with van der Waals surface area (Å²) in [5.74, 6) is -0.0804. The number of hydrogen-bond acceptors (Lipinski definition) is 3. The molecule has 1 unspecified atom stereocenters. The molecule has 1 atom stereocenters. The molecule has 1 aromatic heterocycles. The molecule has 1 fully saturated rings. The first kappa shape index (κ1) is 18.2. The lowest BCUT2D eigenvalue weighted by molar-refractivity contribution is -0.117. The Labute approximate surface area is 154 Å². The van der Waals surface area contributed by atoms with E-state index in [1.165, 1.54) is 10.6 Å². The number of aryl methyl sites for hydroxylation is 1. The SMILES string of the molecule is CN(C)C(=O)c1ccc(NC(=O)CN2CCCC2c2cccn2C)cc1. The third-order valence-electron chi connectivity index (χ3n) is 4.86. The van der Waals surface area contributed by atoms with Gasteiger partial charge in [-0.1, -0.05) is 0 Å². The number of carbonyl (C=O) groups excluding carboxylic acids is 2. The number of anilines is 1. The second-order valence-corrected chi connectivity index (χ2v) is 7.00. The number of nitrogens with zero attached hydrogens (tertiary/aromatic N) is 3. The van der Waals surface area contributed by atoms with Crippen molar-refractivity contribution in [3.8, 4) is 0 Å². The molecule has 26 heavy (non-hydrogen) atoms. The highest BCUT2D eigenvalue weighted by atomic mass is 16.2. The van der Waals surface area contributed by atoms with Gasteiger partial charge in [0, 0.05) is 44.3 Å². The van der Waals surface area contributed by atoms with E-state index < -0.39 is 0 Å². The number of hydrogen-bond donors (Lipinski definition) is 1. The molecule has 2 amide bonds. The summed E-state index contributed by atoms with van der Waals surface area (Å²) in [5.41, 5.74) is 2.57. The first-order valence-electron chi connectivity index (χ1n) is 8.92. The van der Waals surface area contributed by atoms with Crippen LogP contribution in [0.25, 0.3) is 0 Å². The van der Waals surface area contributed by atoms with Crippen LogP contribution < -0.4 is 5.32 Å². The van der Waals surface area contributed by atoms with Gasteiger partial charge >= 0.3 is 0 Å². The van der Waals surface area contributed by atoms with Crippen molar-refractivity contribution in [3.63, 3.8) is 0 Å². The Kier molecular flexibility index (Phi) is 5.42.